The molecule has 0 atom stereocenters. The molecule has 4 heteroatoms. The second kappa shape index (κ2) is 8.48. The van der Waals surface area contributed by atoms with Crippen molar-refractivity contribution in [2.45, 2.75) is 51.1 Å². The van der Waals surface area contributed by atoms with Gasteiger partial charge >= 0.3 is 0 Å². The van der Waals surface area contributed by atoms with E-state index in [2.05, 4.69) is 15.6 Å². The van der Waals surface area contributed by atoms with Crippen LogP contribution in [0, 0.1) is 0 Å². The summed E-state index contributed by atoms with van der Waals surface area (Å²) in [7, 11) is 0. The molecule has 0 spiro atoms. The number of rotatable bonds is 5. The van der Waals surface area contributed by atoms with E-state index in [-0.39, 0.29) is 5.91 Å². The van der Waals surface area contributed by atoms with Crippen LogP contribution in [0.15, 0.2) is 48.7 Å². The van der Waals surface area contributed by atoms with Gasteiger partial charge < -0.3 is 10.6 Å². The number of hydrogen-bond acceptors (Lipinski definition) is 3. The highest BCUT2D eigenvalue weighted by Gasteiger charge is 2.13. The van der Waals surface area contributed by atoms with Gasteiger partial charge in [-0.3, -0.25) is 9.78 Å². The molecule has 1 saturated carbocycles. The van der Waals surface area contributed by atoms with E-state index in [4.69, 9.17) is 0 Å². The van der Waals surface area contributed by atoms with Crippen molar-refractivity contribution in [2.75, 3.05) is 5.32 Å². The lowest BCUT2D eigenvalue weighted by Crippen LogP contribution is -2.24. The Labute approximate surface area is 143 Å². The summed E-state index contributed by atoms with van der Waals surface area (Å²) < 4.78 is 0. The fraction of sp³-hybridized carbons (Fsp3) is 0.400. The lowest BCUT2D eigenvalue weighted by Gasteiger charge is -2.17. The Kier molecular flexibility index (Phi) is 5.83. The summed E-state index contributed by atoms with van der Waals surface area (Å²) in [5.74, 6) is -0.136. The maximum absolute atomic E-state index is 12.3. The van der Waals surface area contributed by atoms with Crippen LogP contribution in [-0.4, -0.2) is 16.9 Å². The predicted molar refractivity (Wildman–Crippen MR) is 97.0 cm³/mol. The van der Waals surface area contributed by atoms with Crippen molar-refractivity contribution in [2.24, 2.45) is 0 Å². The van der Waals surface area contributed by atoms with E-state index in [9.17, 15) is 4.79 Å². The number of carbonyl (C=O) groups is 1. The number of hydrogen-bond donors (Lipinski definition) is 2. The molecule has 1 aromatic carbocycles. The highest BCUT2D eigenvalue weighted by Crippen LogP contribution is 2.21. The Balaban J connectivity index is 1.58. The van der Waals surface area contributed by atoms with Gasteiger partial charge in [-0.15, -0.1) is 0 Å². The van der Waals surface area contributed by atoms with Gasteiger partial charge in [-0.05, 0) is 30.5 Å². The quantitative estimate of drug-likeness (QED) is 0.813. The average Bonchev–Trinajstić information content (AvgIpc) is 2.89. The monoisotopic (exact) mass is 323 g/mol. The van der Waals surface area contributed by atoms with Crippen molar-refractivity contribution in [1.29, 1.82) is 0 Å². The highest BCUT2D eigenvalue weighted by molar-refractivity contribution is 5.93. The van der Waals surface area contributed by atoms with Crippen LogP contribution in [0.4, 0.5) is 5.69 Å². The van der Waals surface area contributed by atoms with E-state index in [1.807, 2.05) is 42.5 Å². The van der Waals surface area contributed by atoms with Gasteiger partial charge in [0.2, 0.25) is 0 Å². The summed E-state index contributed by atoms with van der Waals surface area (Å²) in [5.41, 5.74) is 2.53. The minimum atomic E-state index is -0.136. The molecule has 2 aromatic rings. The second-order valence-corrected chi connectivity index (χ2v) is 6.43. The number of aromatic nitrogens is 1. The van der Waals surface area contributed by atoms with Crippen LogP contribution in [0.2, 0.25) is 0 Å². The number of nitrogens with zero attached hydrogens (tertiary/aromatic N) is 1. The Morgan fingerprint density at radius 1 is 1.04 bits per heavy atom. The molecule has 126 valence electrons. The van der Waals surface area contributed by atoms with Gasteiger partial charge in [-0.1, -0.05) is 56.0 Å². The van der Waals surface area contributed by atoms with Gasteiger partial charge in [0.15, 0.2) is 0 Å². The molecular formula is C20H25N3O. The zero-order valence-corrected chi connectivity index (χ0v) is 14.0. The van der Waals surface area contributed by atoms with Gasteiger partial charge in [0.1, 0.15) is 5.69 Å². The molecule has 1 heterocycles. The summed E-state index contributed by atoms with van der Waals surface area (Å²) in [6, 6.07) is 14.2. The average molecular weight is 323 g/mol. The Bertz CT molecular complexity index is 649. The molecule has 3 rings (SSSR count). The zero-order chi connectivity index (χ0) is 16.6. The van der Waals surface area contributed by atoms with Gasteiger partial charge in [0.05, 0.1) is 0 Å². The van der Waals surface area contributed by atoms with E-state index in [1.165, 1.54) is 38.5 Å². The first-order chi connectivity index (χ1) is 11.8. The number of benzene rings is 1. The highest BCUT2D eigenvalue weighted by atomic mass is 16.1. The molecule has 0 saturated heterocycles. The summed E-state index contributed by atoms with van der Waals surface area (Å²) in [6.07, 6.45) is 9.36. The molecule has 0 bridgehead atoms. The van der Waals surface area contributed by atoms with Crippen LogP contribution in [0.5, 0.6) is 0 Å². The molecule has 24 heavy (non-hydrogen) atoms. The maximum atomic E-state index is 12.3. The first-order valence-electron chi connectivity index (χ1n) is 8.86. The molecule has 2 N–H and O–H groups in total. The predicted octanol–water partition coefficient (Wildman–Crippen LogP) is 4.15. The summed E-state index contributed by atoms with van der Waals surface area (Å²) in [5, 5.41) is 6.50. The Morgan fingerprint density at radius 2 is 1.79 bits per heavy atom. The second-order valence-electron chi connectivity index (χ2n) is 6.43. The fourth-order valence-electron chi connectivity index (χ4n) is 3.17. The minimum Gasteiger partial charge on any atom is -0.382 e. The third kappa shape index (κ3) is 4.82. The molecule has 0 radical (unpaired) electrons. The third-order valence-corrected chi connectivity index (χ3v) is 4.51. The lowest BCUT2D eigenvalue weighted by molar-refractivity contribution is 0.0946. The largest absolute Gasteiger partial charge is 0.382 e. The van der Waals surface area contributed by atoms with Crippen molar-refractivity contribution in [1.82, 2.24) is 10.3 Å². The van der Waals surface area contributed by atoms with Crippen molar-refractivity contribution in [3.05, 3.63) is 59.9 Å². The maximum Gasteiger partial charge on any atom is 0.270 e. The molecule has 1 amide bonds. The molecule has 1 fully saturated rings. The summed E-state index contributed by atoms with van der Waals surface area (Å²) in [6.45, 7) is 0.516. The SMILES string of the molecule is O=C(NCc1ccccc1)c1cc(NC2CCCCCC2)ccn1. The fourth-order valence-corrected chi connectivity index (χ4v) is 3.17. The lowest BCUT2D eigenvalue weighted by atomic mass is 10.1. The normalized spacial score (nSPS) is 15.5. The molecule has 1 aromatic heterocycles. The standard InChI is InChI=1S/C20H25N3O/c24-20(22-15-16-8-4-3-5-9-16)19-14-18(12-13-21-19)23-17-10-6-1-2-7-11-17/h3-5,8-9,12-14,17H,1-2,6-7,10-11,15H2,(H,21,23)(H,22,24). The van der Waals surface area contributed by atoms with E-state index in [0.717, 1.165) is 11.3 Å². The topological polar surface area (TPSA) is 54.0 Å². The Hall–Kier alpha value is -2.36. The van der Waals surface area contributed by atoms with E-state index < -0.39 is 0 Å². The number of carbonyl (C=O) groups excluding carboxylic acids is 1. The molecule has 1 aliphatic rings. The minimum absolute atomic E-state index is 0.136. The van der Waals surface area contributed by atoms with Crippen LogP contribution in [0.3, 0.4) is 0 Å². The molecule has 1 aliphatic carbocycles. The van der Waals surface area contributed by atoms with Crippen molar-refractivity contribution >= 4 is 11.6 Å². The van der Waals surface area contributed by atoms with Gasteiger partial charge in [-0.25, -0.2) is 0 Å². The van der Waals surface area contributed by atoms with Crippen LogP contribution >= 0.6 is 0 Å². The van der Waals surface area contributed by atoms with Crippen LogP contribution < -0.4 is 10.6 Å². The van der Waals surface area contributed by atoms with Crippen LogP contribution in [0.25, 0.3) is 0 Å². The van der Waals surface area contributed by atoms with E-state index in [0.29, 0.717) is 18.3 Å². The van der Waals surface area contributed by atoms with Gasteiger partial charge in [0.25, 0.3) is 5.91 Å². The van der Waals surface area contributed by atoms with Crippen molar-refractivity contribution in [3.63, 3.8) is 0 Å². The first kappa shape index (κ1) is 16.5. The van der Waals surface area contributed by atoms with E-state index >= 15 is 0 Å². The zero-order valence-electron chi connectivity index (χ0n) is 14.0. The van der Waals surface area contributed by atoms with Crippen molar-refractivity contribution in [3.8, 4) is 0 Å². The number of anilines is 1. The molecule has 0 aliphatic heterocycles. The van der Waals surface area contributed by atoms with E-state index in [1.54, 1.807) is 6.20 Å². The van der Waals surface area contributed by atoms with Crippen LogP contribution in [-0.2, 0) is 6.54 Å². The number of amides is 1. The smallest absolute Gasteiger partial charge is 0.270 e. The molecule has 4 nitrogen and oxygen atoms in total. The summed E-state index contributed by atoms with van der Waals surface area (Å²) >= 11 is 0. The number of nitrogens with one attached hydrogen (secondary N) is 2. The summed E-state index contributed by atoms with van der Waals surface area (Å²) in [4.78, 5) is 16.5. The molecular weight excluding hydrogens is 298 g/mol. The third-order valence-electron chi connectivity index (χ3n) is 4.51. The van der Waals surface area contributed by atoms with Gasteiger partial charge in [0, 0.05) is 24.5 Å². The number of pyridine rings is 1. The van der Waals surface area contributed by atoms with Gasteiger partial charge in [-0.2, -0.15) is 0 Å². The Morgan fingerprint density at radius 3 is 2.54 bits per heavy atom. The van der Waals surface area contributed by atoms with Crippen molar-refractivity contribution < 1.29 is 4.79 Å². The first-order valence-corrected chi connectivity index (χ1v) is 8.86. The van der Waals surface area contributed by atoms with Crippen LogP contribution in [0.1, 0.15) is 54.6 Å². The molecule has 0 unspecified atom stereocenters.